The number of nitroso groups, excluding NO2 is 1. The molecule has 0 amide bonds. The van der Waals surface area contributed by atoms with Crippen LogP contribution in [-0.2, 0) is 0 Å². The number of nitrogens with zero attached hydrogens (tertiary/aromatic N) is 1. The fourth-order valence-corrected chi connectivity index (χ4v) is 1.92. The number of unbranched alkanes of at least 4 members (excludes halogenated alkanes) is 2. The lowest BCUT2D eigenvalue weighted by atomic mass is 9.95. The van der Waals surface area contributed by atoms with Crippen molar-refractivity contribution in [1.82, 2.24) is 0 Å². The van der Waals surface area contributed by atoms with Crippen LogP contribution in [0.25, 0.3) is 0 Å². The van der Waals surface area contributed by atoms with Crippen molar-refractivity contribution in [3.63, 3.8) is 0 Å². The largest absolute Gasteiger partial charge is 0.151 e. The minimum Gasteiger partial charge on any atom is -0.151 e. The smallest absolute Gasteiger partial charge is 0.0922 e. The Morgan fingerprint density at radius 1 is 1.07 bits per heavy atom. The lowest BCUT2D eigenvalue weighted by molar-refractivity contribution is 0.410. The molecule has 0 spiro atoms. The molecule has 84 valence electrons. The van der Waals surface area contributed by atoms with Crippen molar-refractivity contribution in [2.45, 2.75) is 71.8 Å². The summed E-state index contributed by atoms with van der Waals surface area (Å²) in [6.45, 7) is 6.60. The van der Waals surface area contributed by atoms with Gasteiger partial charge in [-0.15, -0.1) is 0 Å². The van der Waals surface area contributed by atoms with Crippen LogP contribution >= 0.6 is 0 Å². The van der Waals surface area contributed by atoms with Gasteiger partial charge < -0.3 is 0 Å². The maximum Gasteiger partial charge on any atom is 0.0922 e. The Morgan fingerprint density at radius 2 is 1.79 bits per heavy atom. The van der Waals surface area contributed by atoms with Crippen LogP contribution in [0, 0.1) is 10.8 Å². The molecule has 2 nitrogen and oxygen atoms in total. The molecule has 0 aromatic heterocycles. The molecule has 0 fully saturated rings. The summed E-state index contributed by atoms with van der Waals surface area (Å²) in [7, 11) is 0. The Labute approximate surface area is 88.4 Å². The lowest BCUT2D eigenvalue weighted by Gasteiger charge is -2.14. The molecule has 0 N–H and O–H groups in total. The van der Waals surface area contributed by atoms with Gasteiger partial charge in [-0.3, -0.25) is 0 Å². The predicted molar refractivity (Wildman–Crippen MR) is 62.4 cm³/mol. The van der Waals surface area contributed by atoms with Gasteiger partial charge in [-0.25, -0.2) is 0 Å². The summed E-state index contributed by atoms with van der Waals surface area (Å²) in [5, 5.41) is 3.23. The lowest BCUT2D eigenvalue weighted by Crippen LogP contribution is -2.09. The van der Waals surface area contributed by atoms with E-state index in [9.17, 15) is 4.91 Å². The third-order valence-electron chi connectivity index (χ3n) is 2.75. The molecule has 0 aliphatic heterocycles. The third kappa shape index (κ3) is 7.05. The molecular formula is C12H25NO. The maximum absolute atomic E-state index is 10.6. The topological polar surface area (TPSA) is 29.4 Å². The van der Waals surface area contributed by atoms with Gasteiger partial charge in [0.25, 0.3) is 0 Å². The molecule has 0 saturated heterocycles. The van der Waals surface area contributed by atoms with Gasteiger partial charge in [0, 0.05) is 0 Å². The fourth-order valence-electron chi connectivity index (χ4n) is 1.92. The van der Waals surface area contributed by atoms with Crippen LogP contribution in [-0.4, -0.2) is 6.04 Å². The number of hydrogen-bond donors (Lipinski definition) is 0. The quantitative estimate of drug-likeness (QED) is 0.396. The molecule has 0 aliphatic rings. The first kappa shape index (κ1) is 13.6. The summed E-state index contributed by atoms with van der Waals surface area (Å²) in [5.74, 6) is 0.657. The molecule has 0 saturated carbocycles. The van der Waals surface area contributed by atoms with Crippen LogP contribution in [0.3, 0.4) is 0 Å². The van der Waals surface area contributed by atoms with E-state index >= 15 is 0 Å². The van der Waals surface area contributed by atoms with E-state index in [0.717, 1.165) is 19.3 Å². The molecule has 0 aliphatic carbocycles. The van der Waals surface area contributed by atoms with E-state index in [-0.39, 0.29) is 6.04 Å². The zero-order valence-electron chi connectivity index (χ0n) is 9.96. The molecule has 0 aromatic rings. The van der Waals surface area contributed by atoms with Crippen LogP contribution in [0.5, 0.6) is 0 Å². The van der Waals surface area contributed by atoms with Crippen LogP contribution in [0.4, 0.5) is 0 Å². The Bertz CT molecular complexity index is 136. The second-order valence-electron chi connectivity index (χ2n) is 4.38. The standard InChI is InChI=1S/C12H25NO/c1-4-6-7-9-12(13-14)10-11(3)8-5-2/h11-12H,4-10H2,1-3H3. The van der Waals surface area contributed by atoms with Crippen LogP contribution < -0.4 is 0 Å². The Morgan fingerprint density at radius 3 is 2.29 bits per heavy atom. The average molecular weight is 199 g/mol. The minimum absolute atomic E-state index is 0.0723. The van der Waals surface area contributed by atoms with E-state index in [0.29, 0.717) is 5.92 Å². The van der Waals surface area contributed by atoms with Crippen LogP contribution in [0.15, 0.2) is 5.18 Å². The summed E-state index contributed by atoms with van der Waals surface area (Å²) < 4.78 is 0. The molecule has 0 radical (unpaired) electrons. The molecule has 0 aromatic carbocycles. The van der Waals surface area contributed by atoms with Gasteiger partial charge in [-0.1, -0.05) is 58.1 Å². The zero-order valence-corrected chi connectivity index (χ0v) is 9.96. The summed E-state index contributed by atoms with van der Waals surface area (Å²) in [5.41, 5.74) is 0. The molecule has 0 bridgehead atoms. The second kappa shape index (κ2) is 9.17. The van der Waals surface area contributed by atoms with E-state index in [2.05, 4.69) is 25.9 Å². The zero-order chi connectivity index (χ0) is 10.8. The summed E-state index contributed by atoms with van der Waals surface area (Å²) in [6.07, 6.45) is 8.02. The van der Waals surface area contributed by atoms with Gasteiger partial charge in [0.05, 0.1) is 6.04 Å². The Kier molecular flexibility index (Phi) is 8.90. The molecular weight excluding hydrogens is 174 g/mol. The summed E-state index contributed by atoms with van der Waals surface area (Å²) >= 11 is 0. The molecule has 14 heavy (non-hydrogen) atoms. The average Bonchev–Trinajstić information content (AvgIpc) is 2.17. The van der Waals surface area contributed by atoms with E-state index in [1.54, 1.807) is 0 Å². The normalized spacial score (nSPS) is 15.1. The third-order valence-corrected chi connectivity index (χ3v) is 2.75. The first-order valence-electron chi connectivity index (χ1n) is 6.07. The fraction of sp³-hybridized carbons (Fsp3) is 1.00. The number of hydrogen-bond acceptors (Lipinski definition) is 2. The van der Waals surface area contributed by atoms with Gasteiger partial charge in [0.2, 0.25) is 0 Å². The Balaban J connectivity index is 3.61. The minimum atomic E-state index is 0.0723. The van der Waals surface area contributed by atoms with Gasteiger partial charge in [0.1, 0.15) is 0 Å². The van der Waals surface area contributed by atoms with E-state index in [1.165, 1.54) is 25.7 Å². The highest BCUT2D eigenvalue weighted by Gasteiger charge is 2.12. The molecule has 0 heterocycles. The molecule has 2 heteroatoms. The highest BCUT2D eigenvalue weighted by Crippen LogP contribution is 2.18. The Hall–Kier alpha value is -0.400. The van der Waals surface area contributed by atoms with E-state index in [4.69, 9.17) is 0 Å². The highest BCUT2D eigenvalue weighted by molar-refractivity contribution is 4.69. The first-order valence-corrected chi connectivity index (χ1v) is 6.07. The highest BCUT2D eigenvalue weighted by atomic mass is 16.3. The van der Waals surface area contributed by atoms with Crippen molar-refractivity contribution in [1.29, 1.82) is 0 Å². The van der Waals surface area contributed by atoms with Crippen molar-refractivity contribution in [2.24, 2.45) is 11.1 Å². The predicted octanol–water partition coefficient (Wildman–Crippen LogP) is 4.53. The summed E-state index contributed by atoms with van der Waals surface area (Å²) in [6, 6.07) is 0.0723. The second-order valence-corrected chi connectivity index (χ2v) is 4.38. The van der Waals surface area contributed by atoms with Crippen LogP contribution in [0.1, 0.15) is 65.7 Å². The van der Waals surface area contributed by atoms with E-state index in [1.807, 2.05) is 0 Å². The SMILES string of the molecule is CCCCCC(CC(C)CCC)N=O. The number of rotatable bonds is 9. The molecule has 0 rings (SSSR count). The van der Waals surface area contributed by atoms with Gasteiger partial charge >= 0.3 is 0 Å². The van der Waals surface area contributed by atoms with Gasteiger partial charge in [0.15, 0.2) is 0 Å². The van der Waals surface area contributed by atoms with Crippen molar-refractivity contribution in [3.05, 3.63) is 4.91 Å². The van der Waals surface area contributed by atoms with E-state index < -0.39 is 0 Å². The summed E-state index contributed by atoms with van der Waals surface area (Å²) in [4.78, 5) is 10.6. The van der Waals surface area contributed by atoms with Crippen molar-refractivity contribution >= 4 is 0 Å². The van der Waals surface area contributed by atoms with Crippen LogP contribution in [0.2, 0.25) is 0 Å². The van der Waals surface area contributed by atoms with Crippen molar-refractivity contribution in [3.8, 4) is 0 Å². The molecule has 2 atom stereocenters. The van der Waals surface area contributed by atoms with Crippen molar-refractivity contribution < 1.29 is 0 Å². The first-order chi connectivity index (χ1) is 6.74. The van der Waals surface area contributed by atoms with Gasteiger partial charge in [-0.2, -0.15) is 4.91 Å². The monoisotopic (exact) mass is 199 g/mol. The molecule has 2 unspecified atom stereocenters. The maximum atomic E-state index is 10.6. The van der Waals surface area contributed by atoms with Gasteiger partial charge in [-0.05, 0) is 18.8 Å². The van der Waals surface area contributed by atoms with Crippen molar-refractivity contribution in [2.75, 3.05) is 0 Å².